The first kappa shape index (κ1) is 8.55. The van der Waals surface area contributed by atoms with Gasteiger partial charge < -0.3 is 4.74 Å². The number of hydrogen-bond acceptors (Lipinski definition) is 1. The minimum absolute atomic E-state index is 0.655. The zero-order chi connectivity index (χ0) is 8.55. The van der Waals surface area contributed by atoms with Crippen LogP contribution in [0.3, 0.4) is 0 Å². The maximum atomic E-state index is 5.60. The highest BCUT2D eigenvalue weighted by atomic mass is 16.6. The molecule has 1 saturated carbocycles. The Morgan fingerprint density at radius 2 is 2.17 bits per heavy atom. The number of fused-ring (bicyclic) bond motifs is 1. The highest BCUT2D eigenvalue weighted by Crippen LogP contribution is 2.44. The van der Waals surface area contributed by atoms with E-state index in [1.165, 1.54) is 32.1 Å². The van der Waals surface area contributed by atoms with Gasteiger partial charge in [-0.05, 0) is 24.7 Å². The standard InChI is InChI=1S/C11H20O/c1-3-4-5-9-6-8(2)11-10(7-9)12-11/h8-11H,3-7H2,1-2H3. The van der Waals surface area contributed by atoms with Gasteiger partial charge in [0.1, 0.15) is 0 Å². The Balaban J connectivity index is 1.76. The zero-order valence-electron chi connectivity index (χ0n) is 8.25. The van der Waals surface area contributed by atoms with Gasteiger partial charge in [0, 0.05) is 0 Å². The topological polar surface area (TPSA) is 12.5 Å². The molecule has 0 N–H and O–H groups in total. The summed E-state index contributed by atoms with van der Waals surface area (Å²) in [5.74, 6) is 1.81. The smallest absolute Gasteiger partial charge is 0.0867 e. The van der Waals surface area contributed by atoms with Crippen LogP contribution in [0.15, 0.2) is 0 Å². The molecule has 1 saturated heterocycles. The van der Waals surface area contributed by atoms with Crippen LogP contribution in [0.4, 0.5) is 0 Å². The van der Waals surface area contributed by atoms with Crippen molar-refractivity contribution in [2.24, 2.45) is 11.8 Å². The molecular formula is C11H20O. The highest BCUT2D eigenvalue weighted by Gasteiger charge is 2.47. The molecule has 1 aliphatic carbocycles. The fourth-order valence-corrected chi connectivity index (χ4v) is 2.66. The number of unbranched alkanes of at least 4 members (excludes halogenated alkanes) is 1. The van der Waals surface area contributed by atoms with Crippen LogP contribution in [0.25, 0.3) is 0 Å². The molecule has 4 unspecified atom stereocenters. The molecule has 0 aromatic carbocycles. The fourth-order valence-electron chi connectivity index (χ4n) is 2.66. The average Bonchev–Trinajstić information content (AvgIpc) is 2.80. The van der Waals surface area contributed by atoms with E-state index in [9.17, 15) is 0 Å². The van der Waals surface area contributed by atoms with Gasteiger partial charge >= 0.3 is 0 Å². The second-order valence-corrected chi connectivity index (χ2v) is 4.60. The molecule has 1 heterocycles. The summed E-state index contributed by atoms with van der Waals surface area (Å²) in [4.78, 5) is 0. The summed E-state index contributed by atoms with van der Waals surface area (Å²) in [6.45, 7) is 4.63. The summed E-state index contributed by atoms with van der Waals surface area (Å²) in [5.41, 5.74) is 0. The molecule has 0 spiro atoms. The second kappa shape index (κ2) is 3.37. The van der Waals surface area contributed by atoms with Crippen molar-refractivity contribution in [1.82, 2.24) is 0 Å². The average molecular weight is 168 g/mol. The largest absolute Gasteiger partial charge is 0.369 e. The van der Waals surface area contributed by atoms with Crippen molar-refractivity contribution in [2.45, 2.75) is 58.2 Å². The molecule has 1 nitrogen and oxygen atoms in total. The van der Waals surface area contributed by atoms with Crippen LogP contribution in [-0.4, -0.2) is 12.2 Å². The van der Waals surface area contributed by atoms with Gasteiger partial charge in [-0.2, -0.15) is 0 Å². The summed E-state index contributed by atoms with van der Waals surface area (Å²) < 4.78 is 5.60. The lowest BCUT2D eigenvalue weighted by atomic mass is 9.80. The van der Waals surface area contributed by atoms with Crippen LogP contribution in [0.2, 0.25) is 0 Å². The van der Waals surface area contributed by atoms with E-state index < -0.39 is 0 Å². The third kappa shape index (κ3) is 1.66. The Kier molecular flexibility index (Phi) is 2.40. The lowest BCUT2D eigenvalue weighted by molar-refractivity contribution is 0.296. The van der Waals surface area contributed by atoms with E-state index in [1.54, 1.807) is 0 Å². The van der Waals surface area contributed by atoms with E-state index in [-0.39, 0.29) is 0 Å². The molecule has 0 bridgehead atoms. The molecule has 70 valence electrons. The zero-order valence-corrected chi connectivity index (χ0v) is 8.25. The molecular weight excluding hydrogens is 148 g/mol. The Morgan fingerprint density at radius 3 is 2.83 bits per heavy atom. The molecule has 0 aromatic rings. The molecule has 1 aliphatic heterocycles. The van der Waals surface area contributed by atoms with Gasteiger partial charge in [0.25, 0.3) is 0 Å². The predicted octanol–water partition coefficient (Wildman–Crippen LogP) is 2.99. The van der Waals surface area contributed by atoms with E-state index in [2.05, 4.69) is 13.8 Å². The van der Waals surface area contributed by atoms with Gasteiger partial charge in [0.2, 0.25) is 0 Å². The van der Waals surface area contributed by atoms with Gasteiger partial charge in [-0.1, -0.05) is 33.1 Å². The summed E-state index contributed by atoms with van der Waals surface area (Å²) >= 11 is 0. The van der Waals surface area contributed by atoms with E-state index >= 15 is 0 Å². The van der Waals surface area contributed by atoms with E-state index in [4.69, 9.17) is 4.74 Å². The van der Waals surface area contributed by atoms with Crippen molar-refractivity contribution in [3.63, 3.8) is 0 Å². The molecule has 12 heavy (non-hydrogen) atoms. The van der Waals surface area contributed by atoms with Crippen molar-refractivity contribution in [3.8, 4) is 0 Å². The minimum atomic E-state index is 0.655. The number of ether oxygens (including phenoxy) is 1. The van der Waals surface area contributed by atoms with Crippen molar-refractivity contribution in [3.05, 3.63) is 0 Å². The van der Waals surface area contributed by atoms with Gasteiger partial charge in [-0.15, -0.1) is 0 Å². The summed E-state index contributed by atoms with van der Waals surface area (Å²) in [6, 6.07) is 0. The third-order valence-electron chi connectivity index (χ3n) is 3.42. The summed E-state index contributed by atoms with van der Waals surface area (Å²) in [6.07, 6.45) is 8.29. The van der Waals surface area contributed by atoms with E-state index in [1.807, 2.05) is 0 Å². The SMILES string of the molecule is CCCCC1CC(C)C2OC2C1. The Morgan fingerprint density at radius 1 is 1.33 bits per heavy atom. The van der Waals surface area contributed by atoms with Gasteiger partial charge in [-0.3, -0.25) is 0 Å². The molecule has 2 aliphatic rings. The third-order valence-corrected chi connectivity index (χ3v) is 3.42. The lowest BCUT2D eigenvalue weighted by Gasteiger charge is -2.23. The molecule has 2 rings (SSSR count). The number of hydrogen-bond donors (Lipinski definition) is 0. The summed E-state index contributed by atoms with van der Waals surface area (Å²) in [5, 5.41) is 0. The molecule has 0 amide bonds. The van der Waals surface area contributed by atoms with Gasteiger partial charge in [0.05, 0.1) is 12.2 Å². The molecule has 1 heteroatoms. The highest BCUT2D eigenvalue weighted by molar-refractivity contribution is 4.95. The first-order chi connectivity index (χ1) is 5.81. The molecule has 0 aromatic heterocycles. The van der Waals surface area contributed by atoms with Crippen LogP contribution in [0, 0.1) is 11.8 Å². The first-order valence-electron chi connectivity index (χ1n) is 5.46. The van der Waals surface area contributed by atoms with Crippen molar-refractivity contribution in [1.29, 1.82) is 0 Å². The molecule has 4 atom stereocenters. The summed E-state index contributed by atoms with van der Waals surface area (Å²) in [7, 11) is 0. The van der Waals surface area contributed by atoms with Crippen LogP contribution in [0.5, 0.6) is 0 Å². The van der Waals surface area contributed by atoms with Crippen LogP contribution in [-0.2, 0) is 4.74 Å². The predicted molar refractivity (Wildman–Crippen MR) is 50.1 cm³/mol. The van der Waals surface area contributed by atoms with Crippen LogP contribution in [0.1, 0.15) is 46.0 Å². The molecule has 0 radical (unpaired) electrons. The lowest BCUT2D eigenvalue weighted by Crippen LogP contribution is -2.20. The van der Waals surface area contributed by atoms with Crippen molar-refractivity contribution in [2.75, 3.05) is 0 Å². The number of epoxide rings is 1. The molecule has 2 fully saturated rings. The van der Waals surface area contributed by atoms with E-state index in [0.717, 1.165) is 11.8 Å². The van der Waals surface area contributed by atoms with Crippen LogP contribution < -0.4 is 0 Å². The maximum Gasteiger partial charge on any atom is 0.0867 e. The quantitative estimate of drug-likeness (QED) is 0.590. The van der Waals surface area contributed by atoms with Crippen LogP contribution >= 0.6 is 0 Å². The van der Waals surface area contributed by atoms with Gasteiger partial charge in [0.15, 0.2) is 0 Å². The first-order valence-corrected chi connectivity index (χ1v) is 5.46. The fraction of sp³-hybridized carbons (Fsp3) is 1.00. The van der Waals surface area contributed by atoms with Crippen molar-refractivity contribution >= 4 is 0 Å². The van der Waals surface area contributed by atoms with Gasteiger partial charge in [-0.25, -0.2) is 0 Å². The maximum absolute atomic E-state index is 5.60. The van der Waals surface area contributed by atoms with E-state index in [0.29, 0.717) is 12.2 Å². The second-order valence-electron chi connectivity index (χ2n) is 4.60. The Bertz CT molecular complexity index is 155. The Hall–Kier alpha value is -0.0400. The van der Waals surface area contributed by atoms with Crippen molar-refractivity contribution < 1.29 is 4.74 Å². The number of rotatable bonds is 3. The Labute approximate surface area is 75.5 Å². The minimum Gasteiger partial charge on any atom is -0.369 e. The monoisotopic (exact) mass is 168 g/mol. The normalized spacial score (nSPS) is 45.5.